The van der Waals surface area contributed by atoms with Crippen molar-refractivity contribution < 1.29 is 23.4 Å². The molecule has 2 atom stereocenters. The Hall–Kier alpha value is -1.69. The van der Waals surface area contributed by atoms with E-state index in [1.165, 1.54) is 13.0 Å². The first-order valence-corrected chi connectivity index (χ1v) is 6.23. The van der Waals surface area contributed by atoms with E-state index in [9.17, 15) is 18.7 Å². The molecule has 1 aromatic rings. The maximum atomic E-state index is 13.5. The van der Waals surface area contributed by atoms with E-state index >= 15 is 0 Å². The number of amides is 1. The van der Waals surface area contributed by atoms with Crippen LogP contribution in [0.5, 0.6) is 0 Å². The second-order valence-corrected chi connectivity index (χ2v) is 5.52. The average Bonchev–Trinajstić information content (AvgIpc) is 2.25. The van der Waals surface area contributed by atoms with Gasteiger partial charge in [0.15, 0.2) is 0 Å². The van der Waals surface area contributed by atoms with E-state index in [1.807, 2.05) is 0 Å². The number of aliphatic hydroxyl groups excluding tert-OH is 1. The Morgan fingerprint density at radius 1 is 1.30 bits per heavy atom. The summed E-state index contributed by atoms with van der Waals surface area (Å²) in [6, 6.07) is 2.38. The highest BCUT2D eigenvalue weighted by Crippen LogP contribution is 2.23. The molecule has 0 aromatic heterocycles. The topological polar surface area (TPSA) is 58.6 Å². The van der Waals surface area contributed by atoms with Gasteiger partial charge in [0.1, 0.15) is 23.3 Å². The van der Waals surface area contributed by atoms with Gasteiger partial charge in [-0.25, -0.2) is 13.6 Å². The van der Waals surface area contributed by atoms with Gasteiger partial charge >= 0.3 is 6.09 Å². The fourth-order valence-electron chi connectivity index (χ4n) is 1.62. The highest BCUT2D eigenvalue weighted by atomic mass is 19.1. The van der Waals surface area contributed by atoms with Crippen molar-refractivity contribution in [2.24, 2.45) is 0 Å². The molecular formula is C14H19F2NO3. The molecule has 1 rings (SSSR count). The number of benzene rings is 1. The molecule has 0 saturated heterocycles. The number of hydrogen-bond acceptors (Lipinski definition) is 3. The van der Waals surface area contributed by atoms with Crippen LogP contribution in [0.15, 0.2) is 18.2 Å². The lowest BCUT2D eigenvalue weighted by Gasteiger charge is -2.24. The highest BCUT2D eigenvalue weighted by Gasteiger charge is 2.26. The van der Waals surface area contributed by atoms with Gasteiger partial charge in [-0.1, -0.05) is 6.07 Å². The second-order valence-electron chi connectivity index (χ2n) is 5.52. The number of ether oxygens (including phenoxy) is 1. The summed E-state index contributed by atoms with van der Waals surface area (Å²) in [6.45, 7) is 6.49. The van der Waals surface area contributed by atoms with Gasteiger partial charge in [0.05, 0.1) is 11.6 Å². The predicted molar refractivity (Wildman–Crippen MR) is 70.1 cm³/mol. The van der Waals surface area contributed by atoms with Crippen LogP contribution in [0.4, 0.5) is 13.6 Å². The standard InChI is InChI=1S/C14H19F2NO3/c1-8(17-13(19)20-14(2,3)4)12(18)11-9(15)6-5-7-10(11)16/h5-8,12,18H,1-4H3,(H,17,19). The van der Waals surface area contributed by atoms with E-state index in [1.54, 1.807) is 20.8 Å². The molecule has 0 aliphatic heterocycles. The van der Waals surface area contributed by atoms with Crippen molar-refractivity contribution >= 4 is 6.09 Å². The summed E-state index contributed by atoms with van der Waals surface area (Å²) in [7, 11) is 0. The van der Waals surface area contributed by atoms with Gasteiger partial charge in [0.2, 0.25) is 0 Å². The van der Waals surface area contributed by atoms with Gasteiger partial charge in [-0.15, -0.1) is 0 Å². The summed E-state index contributed by atoms with van der Waals surface area (Å²) in [4.78, 5) is 11.5. The van der Waals surface area contributed by atoms with Gasteiger partial charge in [-0.3, -0.25) is 0 Å². The summed E-state index contributed by atoms with van der Waals surface area (Å²) < 4.78 is 32.1. The van der Waals surface area contributed by atoms with E-state index in [4.69, 9.17) is 4.74 Å². The zero-order chi connectivity index (χ0) is 15.5. The Morgan fingerprint density at radius 3 is 2.25 bits per heavy atom. The minimum atomic E-state index is -1.51. The molecule has 0 spiro atoms. The van der Waals surface area contributed by atoms with Crippen LogP contribution < -0.4 is 5.32 Å². The third-order valence-corrected chi connectivity index (χ3v) is 2.51. The van der Waals surface area contributed by atoms with Crippen molar-refractivity contribution in [1.82, 2.24) is 5.32 Å². The summed E-state index contributed by atoms with van der Waals surface area (Å²) >= 11 is 0. The highest BCUT2D eigenvalue weighted by molar-refractivity contribution is 5.68. The molecule has 1 amide bonds. The smallest absolute Gasteiger partial charge is 0.407 e. The number of alkyl carbamates (subject to hydrolysis) is 1. The molecular weight excluding hydrogens is 268 g/mol. The van der Waals surface area contributed by atoms with Gasteiger partial charge in [-0.05, 0) is 39.8 Å². The van der Waals surface area contributed by atoms with Crippen LogP contribution in [0.2, 0.25) is 0 Å². The Bertz CT molecular complexity index is 466. The Labute approximate surface area is 116 Å². The number of carbonyl (C=O) groups excluding carboxylic acids is 1. The predicted octanol–water partition coefficient (Wildman–Crippen LogP) is 2.91. The van der Waals surface area contributed by atoms with Crippen LogP contribution in [0.1, 0.15) is 39.4 Å². The lowest BCUT2D eigenvalue weighted by Crippen LogP contribution is -2.41. The molecule has 0 aliphatic rings. The van der Waals surface area contributed by atoms with Crippen LogP contribution >= 0.6 is 0 Å². The zero-order valence-electron chi connectivity index (χ0n) is 11.9. The molecule has 20 heavy (non-hydrogen) atoms. The SMILES string of the molecule is CC(NC(=O)OC(C)(C)C)C(O)c1c(F)cccc1F. The van der Waals surface area contributed by atoms with Crippen LogP contribution in [0, 0.1) is 11.6 Å². The van der Waals surface area contributed by atoms with Crippen molar-refractivity contribution in [3.8, 4) is 0 Å². The molecule has 2 unspecified atom stereocenters. The van der Waals surface area contributed by atoms with Crippen molar-refractivity contribution in [3.63, 3.8) is 0 Å². The van der Waals surface area contributed by atoms with E-state index in [0.717, 1.165) is 12.1 Å². The van der Waals surface area contributed by atoms with Gasteiger partial charge in [-0.2, -0.15) is 0 Å². The number of carbonyl (C=O) groups is 1. The van der Waals surface area contributed by atoms with Crippen LogP contribution in [0.3, 0.4) is 0 Å². The fraction of sp³-hybridized carbons (Fsp3) is 0.500. The molecule has 0 radical (unpaired) electrons. The van der Waals surface area contributed by atoms with E-state index in [2.05, 4.69) is 5.32 Å². The van der Waals surface area contributed by atoms with Crippen molar-refractivity contribution in [2.45, 2.75) is 45.4 Å². The second kappa shape index (κ2) is 6.17. The summed E-state index contributed by atoms with van der Waals surface area (Å²) in [5.41, 5.74) is -1.17. The molecule has 0 aliphatic carbocycles. The zero-order valence-corrected chi connectivity index (χ0v) is 11.9. The third-order valence-electron chi connectivity index (χ3n) is 2.51. The minimum absolute atomic E-state index is 0.476. The maximum absolute atomic E-state index is 13.5. The Kier molecular flexibility index (Phi) is 5.05. The van der Waals surface area contributed by atoms with Crippen LogP contribution in [-0.2, 0) is 4.74 Å². The van der Waals surface area contributed by atoms with E-state index in [0.29, 0.717) is 0 Å². The van der Waals surface area contributed by atoms with Crippen molar-refractivity contribution in [2.75, 3.05) is 0 Å². The Morgan fingerprint density at radius 2 is 1.80 bits per heavy atom. The average molecular weight is 287 g/mol. The molecule has 0 heterocycles. The molecule has 0 saturated carbocycles. The largest absolute Gasteiger partial charge is 0.444 e. The van der Waals surface area contributed by atoms with Gasteiger partial charge < -0.3 is 15.2 Å². The summed E-state index contributed by atoms with van der Waals surface area (Å²) in [5, 5.41) is 12.3. The quantitative estimate of drug-likeness (QED) is 0.898. The number of rotatable bonds is 3. The summed E-state index contributed by atoms with van der Waals surface area (Å²) in [6.07, 6.45) is -2.27. The molecule has 6 heteroatoms. The molecule has 2 N–H and O–H groups in total. The Balaban J connectivity index is 2.77. The lowest BCUT2D eigenvalue weighted by molar-refractivity contribution is 0.0429. The van der Waals surface area contributed by atoms with Gasteiger partial charge in [0, 0.05) is 0 Å². The fourth-order valence-corrected chi connectivity index (χ4v) is 1.62. The maximum Gasteiger partial charge on any atom is 0.407 e. The number of hydrogen-bond donors (Lipinski definition) is 2. The van der Waals surface area contributed by atoms with Crippen LogP contribution in [0.25, 0.3) is 0 Å². The monoisotopic (exact) mass is 287 g/mol. The first-order chi connectivity index (χ1) is 9.11. The first-order valence-electron chi connectivity index (χ1n) is 6.23. The number of aliphatic hydroxyl groups is 1. The van der Waals surface area contributed by atoms with Crippen LogP contribution in [-0.4, -0.2) is 22.8 Å². The molecule has 1 aromatic carbocycles. The lowest BCUT2D eigenvalue weighted by atomic mass is 10.0. The molecule has 0 bridgehead atoms. The molecule has 112 valence electrons. The first kappa shape index (κ1) is 16.4. The van der Waals surface area contributed by atoms with Crippen molar-refractivity contribution in [1.29, 1.82) is 0 Å². The molecule has 0 fully saturated rings. The van der Waals surface area contributed by atoms with Crippen molar-refractivity contribution in [3.05, 3.63) is 35.4 Å². The number of halogens is 2. The summed E-state index contributed by atoms with van der Waals surface area (Å²) in [5.74, 6) is -1.73. The molecule has 4 nitrogen and oxygen atoms in total. The van der Waals surface area contributed by atoms with E-state index < -0.39 is 41.0 Å². The normalized spacial score (nSPS) is 14.6. The van der Waals surface area contributed by atoms with E-state index in [-0.39, 0.29) is 0 Å². The minimum Gasteiger partial charge on any atom is -0.444 e. The van der Waals surface area contributed by atoms with Gasteiger partial charge in [0.25, 0.3) is 0 Å². The number of nitrogens with one attached hydrogen (secondary N) is 1. The third kappa shape index (κ3) is 4.45.